The van der Waals surface area contributed by atoms with Gasteiger partial charge in [0.05, 0.1) is 0 Å². The fraction of sp³-hybridized carbons (Fsp3) is 0.125. The summed E-state index contributed by atoms with van der Waals surface area (Å²) < 4.78 is 1.21. The minimum absolute atomic E-state index is 0.164. The van der Waals surface area contributed by atoms with Gasteiger partial charge in [-0.2, -0.15) is 0 Å². The Hall–Kier alpha value is -2.20. The molecule has 1 aliphatic rings. The van der Waals surface area contributed by atoms with Gasteiger partial charge in [-0.3, -0.25) is 4.79 Å². The molecule has 4 rings (SSSR count). The fourth-order valence-corrected chi connectivity index (χ4v) is 4.07. The standard InChI is InChI=1S/C24H19IO/c25-21-13-11-18(12-14-21)22-15-20(17-7-3-1-4-8-17)16-23(22)24(26)19-9-5-2-6-10-19/h1-14,20H,15-16H2/t20-/m1/s1. The summed E-state index contributed by atoms with van der Waals surface area (Å²) in [6, 6.07) is 28.7. The summed E-state index contributed by atoms with van der Waals surface area (Å²) in [5.41, 5.74) is 5.42. The first-order valence-corrected chi connectivity index (χ1v) is 9.93. The molecule has 3 aromatic carbocycles. The molecule has 0 radical (unpaired) electrons. The van der Waals surface area contributed by atoms with Crippen molar-refractivity contribution >= 4 is 33.9 Å². The van der Waals surface area contributed by atoms with Gasteiger partial charge < -0.3 is 0 Å². The number of benzene rings is 3. The average Bonchev–Trinajstić information content (AvgIpc) is 3.15. The summed E-state index contributed by atoms with van der Waals surface area (Å²) in [5, 5.41) is 0. The zero-order chi connectivity index (χ0) is 17.9. The van der Waals surface area contributed by atoms with E-state index < -0.39 is 0 Å². The summed E-state index contributed by atoms with van der Waals surface area (Å²) in [5.74, 6) is 0.533. The van der Waals surface area contributed by atoms with Crippen molar-refractivity contribution in [2.45, 2.75) is 18.8 Å². The summed E-state index contributed by atoms with van der Waals surface area (Å²) >= 11 is 2.32. The second kappa shape index (κ2) is 7.58. The minimum atomic E-state index is 0.164. The van der Waals surface area contributed by atoms with E-state index in [2.05, 4.69) is 71.1 Å². The zero-order valence-electron chi connectivity index (χ0n) is 14.4. The van der Waals surface area contributed by atoms with E-state index in [1.807, 2.05) is 36.4 Å². The van der Waals surface area contributed by atoms with Crippen molar-refractivity contribution in [3.63, 3.8) is 0 Å². The van der Waals surface area contributed by atoms with Gasteiger partial charge in [-0.15, -0.1) is 0 Å². The second-order valence-electron chi connectivity index (χ2n) is 6.68. The highest BCUT2D eigenvalue weighted by molar-refractivity contribution is 14.1. The van der Waals surface area contributed by atoms with Crippen LogP contribution < -0.4 is 0 Å². The Labute approximate surface area is 167 Å². The normalized spacial score (nSPS) is 16.7. The summed E-state index contributed by atoms with van der Waals surface area (Å²) in [6.07, 6.45) is 1.72. The number of allylic oxidation sites excluding steroid dienone is 2. The van der Waals surface area contributed by atoms with E-state index in [-0.39, 0.29) is 5.78 Å². The molecule has 3 aromatic rings. The first-order chi connectivity index (χ1) is 12.7. The smallest absolute Gasteiger partial charge is 0.189 e. The Kier molecular flexibility index (Phi) is 5.02. The molecule has 1 atom stereocenters. The second-order valence-corrected chi connectivity index (χ2v) is 7.92. The molecule has 128 valence electrons. The topological polar surface area (TPSA) is 17.1 Å². The van der Waals surface area contributed by atoms with Gasteiger partial charge in [0.15, 0.2) is 5.78 Å². The number of carbonyl (C=O) groups excluding carboxylic acids is 1. The van der Waals surface area contributed by atoms with Gasteiger partial charge >= 0.3 is 0 Å². The van der Waals surface area contributed by atoms with Crippen molar-refractivity contribution in [3.05, 3.63) is 111 Å². The van der Waals surface area contributed by atoms with Crippen molar-refractivity contribution in [2.24, 2.45) is 0 Å². The average molecular weight is 450 g/mol. The van der Waals surface area contributed by atoms with Crippen LogP contribution in [0, 0.1) is 3.57 Å². The maximum absolute atomic E-state index is 13.2. The lowest BCUT2D eigenvalue weighted by Gasteiger charge is -2.10. The highest BCUT2D eigenvalue weighted by Gasteiger charge is 2.30. The van der Waals surface area contributed by atoms with Crippen LogP contribution in [-0.2, 0) is 0 Å². The molecule has 0 spiro atoms. The predicted molar refractivity (Wildman–Crippen MR) is 115 cm³/mol. The quantitative estimate of drug-likeness (QED) is 0.327. The van der Waals surface area contributed by atoms with Crippen LogP contribution in [0.5, 0.6) is 0 Å². The maximum Gasteiger partial charge on any atom is 0.189 e. The van der Waals surface area contributed by atoms with Crippen molar-refractivity contribution in [2.75, 3.05) is 0 Å². The summed E-state index contributed by atoms with van der Waals surface area (Å²) in [4.78, 5) is 13.2. The van der Waals surface area contributed by atoms with Crippen molar-refractivity contribution in [3.8, 4) is 0 Å². The van der Waals surface area contributed by atoms with Crippen molar-refractivity contribution < 1.29 is 4.79 Å². The number of halogens is 1. The van der Waals surface area contributed by atoms with Crippen LogP contribution in [0.15, 0.2) is 90.5 Å². The van der Waals surface area contributed by atoms with Gasteiger partial charge in [0.1, 0.15) is 0 Å². The van der Waals surface area contributed by atoms with Crippen LogP contribution in [-0.4, -0.2) is 5.78 Å². The molecule has 1 aliphatic carbocycles. The predicted octanol–water partition coefficient (Wildman–Crippen LogP) is 6.51. The van der Waals surface area contributed by atoms with E-state index in [0.29, 0.717) is 5.92 Å². The van der Waals surface area contributed by atoms with Crippen LogP contribution >= 0.6 is 22.6 Å². The van der Waals surface area contributed by atoms with Gasteiger partial charge in [0, 0.05) is 14.7 Å². The van der Waals surface area contributed by atoms with Gasteiger partial charge in [-0.25, -0.2) is 0 Å². The third-order valence-electron chi connectivity index (χ3n) is 5.04. The first kappa shape index (κ1) is 17.2. The number of carbonyl (C=O) groups is 1. The molecule has 0 fully saturated rings. The van der Waals surface area contributed by atoms with E-state index in [1.165, 1.54) is 20.3 Å². The number of rotatable bonds is 4. The Morgan fingerprint density at radius 1 is 0.769 bits per heavy atom. The van der Waals surface area contributed by atoms with Gasteiger partial charge in [0.25, 0.3) is 0 Å². The van der Waals surface area contributed by atoms with Gasteiger partial charge in [0.2, 0.25) is 0 Å². The van der Waals surface area contributed by atoms with E-state index >= 15 is 0 Å². The van der Waals surface area contributed by atoms with E-state index in [9.17, 15) is 4.79 Å². The third-order valence-corrected chi connectivity index (χ3v) is 5.76. The Bertz CT molecular complexity index is 941. The maximum atomic E-state index is 13.2. The van der Waals surface area contributed by atoms with Gasteiger partial charge in [-0.1, -0.05) is 72.8 Å². The number of Topliss-reactive ketones (excluding diaryl/α,β-unsaturated/α-hetero) is 1. The lowest BCUT2D eigenvalue weighted by atomic mass is 9.94. The largest absolute Gasteiger partial charge is 0.289 e. The van der Waals surface area contributed by atoms with Crippen LogP contribution in [0.4, 0.5) is 0 Å². The molecule has 0 bridgehead atoms. The molecule has 0 amide bonds. The van der Waals surface area contributed by atoms with Crippen LogP contribution in [0.3, 0.4) is 0 Å². The monoisotopic (exact) mass is 450 g/mol. The summed E-state index contributed by atoms with van der Waals surface area (Å²) in [6.45, 7) is 0. The molecule has 0 aromatic heterocycles. The molecule has 26 heavy (non-hydrogen) atoms. The highest BCUT2D eigenvalue weighted by atomic mass is 127. The molecule has 0 saturated heterocycles. The molecule has 1 nitrogen and oxygen atoms in total. The zero-order valence-corrected chi connectivity index (χ0v) is 16.5. The van der Waals surface area contributed by atoms with Crippen LogP contribution in [0.2, 0.25) is 0 Å². The molecular formula is C24H19IO. The van der Waals surface area contributed by atoms with Crippen LogP contribution in [0.1, 0.15) is 40.2 Å². The van der Waals surface area contributed by atoms with E-state index in [0.717, 1.165) is 24.0 Å². The molecular weight excluding hydrogens is 431 g/mol. The highest BCUT2D eigenvalue weighted by Crippen LogP contribution is 2.44. The summed E-state index contributed by atoms with van der Waals surface area (Å²) in [7, 11) is 0. The van der Waals surface area contributed by atoms with Gasteiger partial charge in [-0.05, 0) is 70.2 Å². The minimum Gasteiger partial charge on any atom is -0.289 e. The Morgan fingerprint density at radius 3 is 2.04 bits per heavy atom. The van der Waals surface area contributed by atoms with Crippen LogP contribution in [0.25, 0.3) is 5.57 Å². The molecule has 0 unspecified atom stereocenters. The molecule has 0 N–H and O–H groups in total. The number of ketones is 1. The SMILES string of the molecule is O=C(C1=C(c2ccc(I)cc2)C[C@@H](c2ccccc2)C1)c1ccccc1. The lowest BCUT2D eigenvalue weighted by molar-refractivity contribution is 0.103. The number of hydrogen-bond acceptors (Lipinski definition) is 1. The molecule has 0 aliphatic heterocycles. The molecule has 0 saturated carbocycles. The first-order valence-electron chi connectivity index (χ1n) is 8.85. The van der Waals surface area contributed by atoms with Crippen molar-refractivity contribution in [1.29, 1.82) is 0 Å². The Morgan fingerprint density at radius 2 is 1.38 bits per heavy atom. The third kappa shape index (κ3) is 3.51. The number of hydrogen-bond donors (Lipinski definition) is 0. The van der Waals surface area contributed by atoms with E-state index in [4.69, 9.17) is 0 Å². The Balaban J connectivity index is 1.75. The molecule has 2 heteroatoms. The van der Waals surface area contributed by atoms with Crippen molar-refractivity contribution in [1.82, 2.24) is 0 Å². The fourth-order valence-electron chi connectivity index (χ4n) is 3.71. The lowest BCUT2D eigenvalue weighted by Crippen LogP contribution is -2.04. The van der Waals surface area contributed by atoms with E-state index in [1.54, 1.807) is 0 Å². The molecule has 0 heterocycles.